The molecule has 1 aromatic carbocycles. The van der Waals surface area contributed by atoms with Gasteiger partial charge in [0.25, 0.3) is 5.91 Å². The second kappa shape index (κ2) is 9.76. The maximum Gasteiger partial charge on any atom is 0.272 e. The summed E-state index contributed by atoms with van der Waals surface area (Å²) in [6, 6.07) is 7.33. The van der Waals surface area contributed by atoms with Gasteiger partial charge in [-0.25, -0.2) is 0 Å². The first-order valence-electron chi connectivity index (χ1n) is 8.65. The summed E-state index contributed by atoms with van der Waals surface area (Å²) in [5.41, 5.74) is 0.218. The number of halogens is 1. The van der Waals surface area contributed by atoms with Crippen LogP contribution in [-0.2, 0) is 16.1 Å². The largest absolute Gasteiger partial charge is 0.319 e. The average Bonchev–Trinajstić information content (AvgIpc) is 2.67. The van der Waals surface area contributed by atoms with Crippen molar-refractivity contribution in [1.82, 2.24) is 9.91 Å². The van der Waals surface area contributed by atoms with E-state index < -0.39 is 5.54 Å². The van der Waals surface area contributed by atoms with Gasteiger partial charge in [0.15, 0.2) is 0 Å². The van der Waals surface area contributed by atoms with E-state index in [9.17, 15) is 9.59 Å². The van der Waals surface area contributed by atoms with Crippen molar-refractivity contribution in [3.8, 4) is 0 Å². The summed E-state index contributed by atoms with van der Waals surface area (Å²) < 4.78 is 0. The molecule has 0 spiro atoms. The van der Waals surface area contributed by atoms with E-state index in [0.29, 0.717) is 17.1 Å². The van der Waals surface area contributed by atoms with E-state index in [1.165, 1.54) is 5.01 Å². The molecule has 1 fully saturated rings. The molecule has 2 rings (SSSR count). The topological polar surface area (TPSA) is 53.0 Å². The van der Waals surface area contributed by atoms with E-state index in [1.54, 1.807) is 29.7 Å². The standard InChI is InChI=1S/C20H24ClN3O2S/c1-4-11-27-12-7-10-18-19(26)23(13-16-8-5-6-9-17(16)21)20(2,15-25)14-24(18)22-3/h4-6,8-11,15H,3,7,12-14H2,1-2H3/b11-4-,18-10-. The van der Waals surface area contributed by atoms with Crippen molar-refractivity contribution >= 4 is 42.3 Å². The van der Waals surface area contributed by atoms with Gasteiger partial charge in [0.05, 0.1) is 6.54 Å². The second-order valence-electron chi connectivity index (χ2n) is 6.38. The Hall–Kier alpha value is -2.05. The smallest absolute Gasteiger partial charge is 0.272 e. The summed E-state index contributed by atoms with van der Waals surface area (Å²) >= 11 is 7.94. The number of allylic oxidation sites excluding steroid dienone is 2. The van der Waals surface area contributed by atoms with E-state index in [0.717, 1.165) is 17.6 Å². The van der Waals surface area contributed by atoms with Crippen LogP contribution in [0.3, 0.4) is 0 Å². The Morgan fingerprint density at radius 1 is 1.41 bits per heavy atom. The van der Waals surface area contributed by atoms with E-state index in [4.69, 9.17) is 11.6 Å². The van der Waals surface area contributed by atoms with E-state index in [2.05, 4.69) is 11.8 Å². The highest BCUT2D eigenvalue weighted by Crippen LogP contribution is 2.30. The summed E-state index contributed by atoms with van der Waals surface area (Å²) in [4.78, 5) is 26.6. The van der Waals surface area contributed by atoms with Crippen LogP contribution in [0.1, 0.15) is 25.8 Å². The summed E-state index contributed by atoms with van der Waals surface area (Å²) in [5, 5.41) is 8.05. The van der Waals surface area contributed by atoms with Crippen molar-refractivity contribution in [2.45, 2.75) is 32.4 Å². The lowest BCUT2D eigenvalue weighted by atomic mass is 9.96. The van der Waals surface area contributed by atoms with Crippen molar-refractivity contribution in [3.63, 3.8) is 0 Å². The Kier molecular flexibility index (Phi) is 7.68. The average molecular weight is 406 g/mol. The molecule has 5 nitrogen and oxygen atoms in total. The molecule has 0 saturated carbocycles. The number of carbonyl (C=O) groups is 2. The molecule has 1 aromatic rings. The van der Waals surface area contributed by atoms with E-state index in [-0.39, 0.29) is 19.0 Å². The molecule has 7 heteroatoms. The summed E-state index contributed by atoms with van der Waals surface area (Å²) in [6.07, 6.45) is 5.33. The molecule has 0 N–H and O–H groups in total. The summed E-state index contributed by atoms with van der Waals surface area (Å²) in [6.45, 7) is 7.76. The number of piperazine rings is 1. The first kappa shape index (κ1) is 21.3. The Morgan fingerprint density at radius 2 is 2.15 bits per heavy atom. The number of thioether (sulfide) groups is 1. The van der Waals surface area contributed by atoms with Gasteiger partial charge in [0.1, 0.15) is 17.5 Å². The molecule has 1 unspecified atom stereocenters. The highest BCUT2D eigenvalue weighted by molar-refractivity contribution is 8.02. The number of carbonyl (C=O) groups excluding carboxylic acids is 2. The third kappa shape index (κ3) is 5.02. The second-order valence-corrected chi connectivity index (χ2v) is 7.80. The van der Waals surface area contributed by atoms with E-state index >= 15 is 0 Å². The fourth-order valence-corrected chi connectivity index (χ4v) is 3.63. The molecule has 0 aromatic heterocycles. The number of hydrogen-bond acceptors (Lipinski definition) is 5. The zero-order valence-corrected chi connectivity index (χ0v) is 17.2. The first-order valence-corrected chi connectivity index (χ1v) is 10.1. The number of amides is 1. The molecular weight excluding hydrogens is 382 g/mol. The van der Waals surface area contributed by atoms with Crippen molar-refractivity contribution in [2.24, 2.45) is 5.10 Å². The van der Waals surface area contributed by atoms with Gasteiger partial charge in [-0.3, -0.25) is 9.80 Å². The van der Waals surface area contributed by atoms with Crippen LogP contribution in [0.15, 0.2) is 52.6 Å². The van der Waals surface area contributed by atoms with Gasteiger partial charge >= 0.3 is 0 Å². The molecule has 0 bridgehead atoms. The molecule has 1 heterocycles. The molecule has 1 aliphatic heterocycles. The third-order valence-corrected chi connectivity index (χ3v) is 5.65. The van der Waals surface area contributed by atoms with Crippen molar-refractivity contribution < 1.29 is 9.59 Å². The molecule has 144 valence electrons. The maximum atomic E-state index is 13.2. The number of hydrogen-bond donors (Lipinski definition) is 0. The van der Waals surface area contributed by atoms with Gasteiger partial charge in [0, 0.05) is 24.0 Å². The van der Waals surface area contributed by atoms with Crippen LogP contribution in [0.25, 0.3) is 0 Å². The zero-order valence-electron chi connectivity index (χ0n) is 15.6. The van der Waals surface area contributed by atoms with Crippen LogP contribution < -0.4 is 0 Å². The number of benzene rings is 1. The maximum absolute atomic E-state index is 13.2. The summed E-state index contributed by atoms with van der Waals surface area (Å²) in [7, 11) is 0. The monoisotopic (exact) mass is 405 g/mol. The third-order valence-electron chi connectivity index (χ3n) is 4.35. The number of rotatable bonds is 8. The molecule has 0 radical (unpaired) electrons. The van der Waals surface area contributed by atoms with Gasteiger partial charge in [0.2, 0.25) is 0 Å². The van der Waals surface area contributed by atoms with Crippen LogP contribution in [0.2, 0.25) is 5.02 Å². The molecular formula is C20H24ClN3O2S. The number of hydrazone groups is 1. The lowest BCUT2D eigenvalue weighted by Gasteiger charge is -2.45. The summed E-state index contributed by atoms with van der Waals surface area (Å²) in [5.74, 6) is 0.598. The predicted molar refractivity (Wildman–Crippen MR) is 113 cm³/mol. The van der Waals surface area contributed by atoms with Crippen molar-refractivity contribution in [1.29, 1.82) is 0 Å². The van der Waals surface area contributed by atoms with Gasteiger partial charge < -0.3 is 9.69 Å². The zero-order chi connectivity index (χ0) is 19.9. The Labute approximate surface area is 169 Å². The Morgan fingerprint density at radius 3 is 2.78 bits per heavy atom. The Bertz CT molecular complexity index is 765. The van der Waals surface area contributed by atoms with Gasteiger partial charge in [-0.05, 0) is 37.3 Å². The quantitative estimate of drug-likeness (QED) is 0.283. The van der Waals surface area contributed by atoms with Gasteiger partial charge in [-0.15, -0.1) is 11.8 Å². The molecule has 27 heavy (non-hydrogen) atoms. The van der Waals surface area contributed by atoms with Crippen LogP contribution in [0.4, 0.5) is 0 Å². The van der Waals surface area contributed by atoms with Crippen molar-refractivity contribution in [2.75, 3.05) is 12.3 Å². The first-order chi connectivity index (χ1) is 13.0. The highest BCUT2D eigenvalue weighted by atomic mass is 35.5. The van der Waals surface area contributed by atoms with E-state index in [1.807, 2.05) is 42.7 Å². The minimum absolute atomic E-state index is 0.251. The normalized spacial score (nSPS) is 21.9. The molecule has 1 aliphatic rings. The van der Waals surface area contributed by atoms with Gasteiger partial charge in [-0.2, -0.15) is 5.10 Å². The fourth-order valence-electron chi connectivity index (χ4n) is 2.85. The van der Waals surface area contributed by atoms with Crippen LogP contribution in [0.5, 0.6) is 0 Å². The molecule has 1 amide bonds. The van der Waals surface area contributed by atoms with Gasteiger partial charge in [-0.1, -0.05) is 42.0 Å². The highest BCUT2D eigenvalue weighted by Gasteiger charge is 2.44. The molecule has 0 aliphatic carbocycles. The fraction of sp³-hybridized carbons (Fsp3) is 0.350. The lowest BCUT2D eigenvalue weighted by molar-refractivity contribution is -0.145. The van der Waals surface area contributed by atoms with Crippen LogP contribution >= 0.6 is 23.4 Å². The predicted octanol–water partition coefficient (Wildman–Crippen LogP) is 4.10. The van der Waals surface area contributed by atoms with Crippen LogP contribution in [0, 0.1) is 0 Å². The van der Waals surface area contributed by atoms with Crippen LogP contribution in [-0.4, -0.2) is 46.7 Å². The minimum Gasteiger partial charge on any atom is -0.319 e. The SMILES string of the molecule is C=NN1CC(C)(C=O)N(Cc2ccccc2Cl)C(=O)/C1=C/CCS/C=C\C. The molecule has 1 atom stereocenters. The van der Waals surface area contributed by atoms with Crippen molar-refractivity contribution in [3.05, 3.63) is 58.1 Å². The number of nitrogens with zero attached hydrogens (tertiary/aromatic N) is 3. The Balaban J connectivity index is 2.30. The minimum atomic E-state index is -1.02. The lowest BCUT2D eigenvalue weighted by Crippen LogP contribution is -2.61. The number of aldehydes is 1. The molecule has 1 saturated heterocycles.